The van der Waals surface area contributed by atoms with Crippen LogP contribution in [-0.4, -0.2) is 39.7 Å². The maximum Gasteiger partial charge on any atom is 0.348 e. The van der Waals surface area contributed by atoms with Crippen molar-refractivity contribution >= 4 is 28.8 Å². The largest absolute Gasteiger partial charge is 0.497 e. The summed E-state index contributed by atoms with van der Waals surface area (Å²) in [4.78, 5) is 26.7. The van der Waals surface area contributed by atoms with Crippen molar-refractivity contribution in [1.29, 1.82) is 0 Å². The van der Waals surface area contributed by atoms with E-state index in [0.29, 0.717) is 57.5 Å². The van der Waals surface area contributed by atoms with Crippen molar-refractivity contribution < 1.29 is 37.7 Å². The minimum absolute atomic E-state index is 0.208. The van der Waals surface area contributed by atoms with Crippen LogP contribution in [0.2, 0.25) is 0 Å². The fourth-order valence-electron chi connectivity index (χ4n) is 4.62. The number of methoxy groups -OCH3 is 3. The zero-order chi connectivity index (χ0) is 30.3. The van der Waals surface area contributed by atoms with E-state index in [2.05, 4.69) is 0 Å². The predicted octanol–water partition coefficient (Wildman–Crippen LogP) is 7.64. The van der Waals surface area contributed by atoms with Crippen molar-refractivity contribution in [2.45, 2.75) is 6.92 Å². The highest BCUT2D eigenvalue weighted by molar-refractivity contribution is 6.10. The van der Waals surface area contributed by atoms with E-state index in [9.17, 15) is 9.59 Å². The Kier molecular flexibility index (Phi) is 8.77. The molecule has 1 aromatic heterocycles. The molecular formula is C35H30O8. The Morgan fingerprint density at radius 1 is 0.767 bits per heavy atom. The molecule has 8 heteroatoms. The topological polar surface area (TPSA) is 93.4 Å². The van der Waals surface area contributed by atoms with Crippen molar-refractivity contribution in [1.82, 2.24) is 0 Å². The van der Waals surface area contributed by atoms with Crippen molar-refractivity contribution in [2.75, 3.05) is 27.9 Å². The molecule has 0 radical (unpaired) electrons. The summed E-state index contributed by atoms with van der Waals surface area (Å²) in [5.74, 6) is 1.61. The zero-order valence-electron chi connectivity index (χ0n) is 24.2. The molecule has 8 nitrogen and oxygen atoms in total. The number of rotatable bonds is 11. The third-order valence-electron chi connectivity index (χ3n) is 6.70. The first kappa shape index (κ1) is 29.0. The van der Waals surface area contributed by atoms with E-state index >= 15 is 0 Å². The Bertz CT molecular complexity index is 1800. The molecule has 0 atom stereocenters. The number of allylic oxidation sites excluding steroid dienone is 1. The predicted molar refractivity (Wildman–Crippen MR) is 164 cm³/mol. The summed E-state index contributed by atoms with van der Waals surface area (Å²) in [6.07, 6.45) is 3.07. The quantitative estimate of drug-likeness (QED) is 0.0683. The van der Waals surface area contributed by atoms with Crippen LogP contribution in [0.15, 0.2) is 95.4 Å². The molecule has 0 spiro atoms. The summed E-state index contributed by atoms with van der Waals surface area (Å²) in [5.41, 5.74) is 2.55. The van der Waals surface area contributed by atoms with Crippen LogP contribution in [-0.2, 0) is 0 Å². The number of fused-ring (bicyclic) bond motifs is 1. The van der Waals surface area contributed by atoms with Gasteiger partial charge < -0.3 is 28.1 Å². The van der Waals surface area contributed by atoms with E-state index in [4.69, 9.17) is 28.1 Å². The first-order valence-corrected chi connectivity index (χ1v) is 13.5. The minimum Gasteiger partial charge on any atom is -0.497 e. The fourth-order valence-corrected chi connectivity index (χ4v) is 4.62. The van der Waals surface area contributed by atoms with Gasteiger partial charge in [0.05, 0.1) is 33.5 Å². The molecule has 0 bridgehead atoms. The molecule has 0 amide bonds. The number of hydrogen-bond acceptors (Lipinski definition) is 8. The lowest BCUT2D eigenvalue weighted by Crippen LogP contribution is -2.10. The summed E-state index contributed by atoms with van der Waals surface area (Å²) >= 11 is 0. The molecule has 0 N–H and O–H groups in total. The van der Waals surface area contributed by atoms with Gasteiger partial charge in [-0.1, -0.05) is 42.5 Å². The lowest BCUT2D eigenvalue weighted by Gasteiger charge is -2.11. The highest BCUT2D eigenvalue weighted by atomic mass is 16.6. The maximum atomic E-state index is 13.7. The van der Waals surface area contributed by atoms with Gasteiger partial charge in [0.2, 0.25) is 0 Å². The number of benzene rings is 4. The summed E-state index contributed by atoms with van der Waals surface area (Å²) < 4.78 is 33.8. The van der Waals surface area contributed by atoms with Gasteiger partial charge in [0.1, 0.15) is 34.2 Å². The molecule has 5 aromatic rings. The smallest absolute Gasteiger partial charge is 0.348 e. The van der Waals surface area contributed by atoms with Gasteiger partial charge in [-0.25, -0.2) is 4.79 Å². The monoisotopic (exact) mass is 578 g/mol. The van der Waals surface area contributed by atoms with Gasteiger partial charge in [0, 0.05) is 10.9 Å². The number of esters is 1. The fraction of sp³-hybridized carbons (Fsp3) is 0.143. The molecule has 218 valence electrons. The van der Waals surface area contributed by atoms with Crippen molar-refractivity contribution in [3.05, 3.63) is 108 Å². The van der Waals surface area contributed by atoms with E-state index in [1.165, 1.54) is 27.4 Å². The first-order valence-electron chi connectivity index (χ1n) is 13.5. The van der Waals surface area contributed by atoms with E-state index in [-0.39, 0.29) is 17.1 Å². The molecule has 4 aromatic carbocycles. The van der Waals surface area contributed by atoms with Crippen molar-refractivity contribution in [3.63, 3.8) is 0 Å². The van der Waals surface area contributed by atoms with Gasteiger partial charge in [-0.2, -0.15) is 0 Å². The zero-order valence-corrected chi connectivity index (χ0v) is 24.2. The minimum atomic E-state index is -0.617. The van der Waals surface area contributed by atoms with Crippen molar-refractivity contribution in [3.8, 4) is 40.1 Å². The van der Waals surface area contributed by atoms with Crippen LogP contribution >= 0.6 is 0 Å². The molecule has 0 unspecified atom stereocenters. The molecule has 0 aliphatic rings. The van der Waals surface area contributed by atoms with Crippen LogP contribution in [0.4, 0.5) is 0 Å². The summed E-state index contributed by atoms with van der Waals surface area (Å²) in [6, 6.07) is 24.7. The molecule has 0 aliphatic carbocycles. The summed E-state index contributed by atoms with van der Waals surface area (Å²) in [7, 11) is 4.51. The highest BCUT2D eigenvalue weighted by Gasteiger charge is 2.25. The Balaban J connectivity index is 1.45. The third-order valence-corrected chi connectivity index (χ3v) is 6.70. The third kappa shape index (κ3) is 6.23. The molecule has 0 saturated heterocycles. The molecule has 0 aliphatic heterocycles. The lowest BCUT2D eigenvalue weighted by molar-refractivity contribution is 0.0731. The Hall–Kier alpha value is -5.50. The normalized spacial score (nSPS) is 11.0. The van der Waals surface area contributed by atoms with E-state index in [0.717, 1.165) is 5.56 Å². The van der Waals surface area contributed by atoms with Crippen LogP contribution in [0.1, 0.15) is 33.2 Å². The number of carbonyl (C=O) groups is 2. The van der Waals surface area contributed by atoms with Gasteiger partial charge >= 0.3 is 5.97 Å². The van der Waals surface area contributed by atoms with E-state index in [1.807, 2.05) is 37.3 Å². The van der Waals surface area contributed by atoms with Crippen molar-refractivity contribution in [2.24, 2.45) is 0 Å². The average Bonchev–Trinajstić information content (AvgIpc) is 3.43. The van der Waals surface area contributed by atoms with Gasteiger partial charge in [0.25, 0.3) is 0 Å². The number of furan rings is 1. The lowest BCUT2D eigenvalue weighted by atomic mass is 10.1. The van der Waals surface area contributed by atoms with Gasteiger partial charge in [-0.05, 0) is 67.1 Å². The van der Waals surface area contributed by atoms with E-state index < -0.39 is 5.97 Å². The second-order valence-corrected chi connectivity index (χ2v) is 9.33. The van der Waals surface area contributed by atoms with Gasteiger partial charge in [-0.3, -0.25) is 4.79 Å². The molecule has 0 fully saturated rings. The molecular weight excluding hydrogens is 548 g/mol. The number of ketones is 1. The SMILES string of the molecule is CCOc1ccc2oc(-c3ccccc3)c(C(=O)Oc3ccc(C=CC(=O)c4cc(OC)ccc4OC)cc3OC)c2c1. The summed E-state index contributed by atoms with van der Waals surface area (Å²) in [6.45, 7) is 2.37. The van der Waals surface area contributed by atoms with Crippen LogP contribution in [0.5, 0.6) is 28.7 Å². The number of carbonyl (C=O) groups excluding carboxylic acids is 2. The van der Waals surface area contributed by atoms with Gasteiger partial charge in [-0.15, -0.1) is 0 Å². The molecule has 43 heavy (non-hydrogen) atoms. The molecule has 5 rings (SSSR count). The molecule has 0 saturated carbocycles. The van der Waals surface area contributed by atoms with E-state index in [1.54, 1.807) is 60.7 Å². The second kappa shape index (κ2) is 13.0. The van der Waals surface area contributed by atoms with Crippen LogP contribution in [0.3, 0.4) is 0 Å². The van der Waals surface area contributed by atoms with Crippen LogP contribution in [0.25, 0.3) is 28.4 Å². The molecule has 1 heterocycles. The number of hydrogen-bond donors (Lipinski definition) is 0. The van der Waals surface area contributed by atoms with Crippen LogP contribution in [0, 0.1) is 0 Å². The highest BCUT2D eigenvalue weighted by Crippen LogP contribution is 2.37. The number of ether oxygens (including phenoxy) is 5. The Morgan fingerprint density at radius 3 is 2.23 bits per heavy atom. The maximum absolute atomic E-state index is 13.7. The Morgan fingerprint density at radius 2 is 1.51 bits per heavy atom. The average molecular weight is 579 g/mol. The summed E-state index contributed by atoms with van der Waals surface area (Å²) in [5, 5.41) is 0.569. The van der Waals surface area contributed by atoms with Gasteiger partial charge in [0.15, 0.2) is 17.3 Å². The Labute approximate surface area is 249 Å². The van der Waals surface area contributed by atoms with Crippen LogP contribution < -0.4 is 23.7 Å². The standard InChI is InChI=1S/C35H30O8/c1-5-41-25-14-18-30-27(21-25)33(34(42-30)23-9-7-6-8-10-23)35(37)43-31-16-12-22(19-32(31)40-4)11-15-28(36)26-20-24(38-2)13-17-29(26)39-3/h6-21H,5H2,1-4H3. The first-order chi connectivity index (χ1) is 20.9. The second-order valence-electron chi connectivity index (χ2n) is 9.33.